The molecule has 1 amide bonds. The van der Waals surface area contributed by atoms with E-state index in [2.05, 4.69) is 29.2 Å². The van der Waals surface area contributed by atoms with Crippen LogP contribution in [0.3, 0.4) is 0 Å². The molecular weight excluding hydrogens is 278 g/mol. The molecule has 0 fully saturated rings. The fourth-order valence-electron chi connectivity index (χ4n) is 2.39. The predicted octanol–water partition coefficient (Wildman–Crippen LogP) is 2.72. The summed E-state index contributed by atoms with van der Waals surface area (Å²) in [5.41, 5.74) is 2.00. The number of nitrogens with one attached hydrogen (secondary N) is 1. The van der Waals surface area contributed by atoms with Crippen molar-refractivity contribution in [3.8, 4) is 11.3 Å². The smallest absolute Gasteiger partial charge is 0.257 e. The third-order valence-electron chi connectivity index (χ3n) is 3.75. The van der Waals surface area contributed by atoms with Crippen LogP contribution in [0, 0.1) is 6.92 Å². The van der Waals surface area contributed by atoms with Gasteiger partial charge in [0.05, 0.1) is 0 Å². The van der Waals surface area contributed by atoms with Crippen LogP contribution < -0.4 is 5.32 Å². The summed E-state index contributed by atoms with van der Waals surface area (Å²) in [5, 5.41) is 6.99. The molecule has 0 spiro atoms. The molecule has 0 aliphatic heterocycles. The average Bonchev–Trinajstić information content (AvgIpc) is 2.94. The Balaban J connectivity index is 2.09. The van der Waals surface area contributed by atoms with Gasteiger partial charge in [-0.1, -0.05) is 49.3 Å². The van der Waals surface area contributed by atoms with Crippen molar-refractivity contribution in [1.82, 2.24) is 15.4 Å². The average molecular weight is 301 g/mol. The van der Waals surface area contributed by atoms with Gasteiger partial charge in [-0.05, 0) is 20.0 Å². The molecule has 22 heavy (non-hydrogen) atoms. The van der Waals surface area contributed by atoms with E-state index in [1.807, 2.05) is 30.3 Å². The summed E-state index contributed by atoms with van der Waals surface area (Å²) in [5.74, 6) is 0.406. The Morgan fingerprint density at radius 3 is 2.55 bits per heavy atom. The number of nitrogens with zero attached hydrogens (tertiary/aromatic N) is 2. The zero-order valence-corrected chi connectivity index (χ0v) is 13.4. The van der Waals surface area contributed by atoms with Gasteiger partial charge in [0.2, 0.25) is 0 Å². The van der Waals surface area contributed by atoms with Crippen LogP contribution in [0.25, 0.3) is 11.3 Å². The first-order valence-electron chi connectivity index (χ1n) is 7.69. The minimum atomic E-state index is -0.134. The van der Waals surface area contributed by atoms with Gasteiger partial charge in [0.15, 0.2) is 0 Å². The summed E-state index contributed by atoms with van der Waals surface area (Å²) in [7, 11) is 0. The fourth-order valence-corrected chi connectivity index (χ4v) is 2.39. The van der Waals surface area contributed by atoms with Gasteiger partial charge in [-0.15, -0.1) is 0 Å². The highest BCUT2D eigenvalue weighted by molar-refractivity contribution is 6.00. The Kier molecular flexibility index (Phi) is 5.72. The largest absolute Gasteiger partial charge is 0.360 e. The normalized spacial score (nSPS) is 10.9. The number of amides is 1. The summed E-state index contributed by atoms with van der Waals surface area (Å²) in [6.07, 6.45) is 0. The summed E-state index contributed by atoms with van der Waals surface area (Å²) in [6, 6.07) is 9.61. The third kappa shape index (κ3) is 3.74. The van der Waals surface area contributed by atoms with Gasteiger partial charge in [-0.2, -0.15) is 0 Å². The standard InChI is InChI=1S/C17H23N3O2/c1-4-20(5-2)12-11-18-17(21)15-13(3)22-19-16(15)14-9-7-6-8-10-14/h6-10H,4-5,11-12H2,1-3H3,(H,18,21). The molecule has 118 valence electrons. The number of benzene rings is 1. The monoisotopic (exact) mass is 301 g/mol. The second-order valence-corrected chi connectivity index (χ2v) is 5.11. The minimum absolute atomic E-state index is 0.134. The van der Waals surface area contributed by atoms with Crippen LogP contribution in [-0.4, -0.2) is 42.1 Å². The molecule has 1 heterocycles. The van der Waals surface area contributed by atoms with Crippen molar-refractivity contribution in [2.24, 2.45) is 0 Å². The van der Waals surface area contributed by atoms with Gasteiger partial charge >= 0.3 is 0 Å². The Morgan fingerprint density at radius 1 is 1.23 bits per heavy atom. The number of aryl methyl sites for hydroxylation is 1. The highest BCUT2D eigenvalue weighted by atomic mass is 16.5. The van der Waals surface area contributed by atoms with E-state index in [9.17, 15) is 4.79 Å². The van der Waals surface area contributed by atoms with E-state index < -0.39 is 0 Å². The van der Waals surface area contributed by atoms with E-state index in [0.717, 1.165) is 25.2 Å². The van der Waals surface area contributed by atoms with Crippen LogP contribution in [0.5, 0.6) is 0 Å². The molecule has 0 radical (unpaired) electrons. The van der Waals surface area contributed by atoms with Gasteiger partial charge in [-0.25, -0.2) is 0 Å². The molecule has 2 aromatic rings. The molecule has 1 N–H and O–H groups in total. The van der Waals surface area contributed by atoms with E-state index in [1.54, 1.807) is 6.92 Å². The number of aromatic nitrogens is 1. The summed E-state index contributed by atoms with van der Waals surface area (Å²) in [4.78, 5) is 14.7. The molecule has 1 aromatic heterocycles. The van der Waals surface area contributed by atoms with Crippen molar-refractivity contribution in [2.75, 3.05) is 26.2 Å². The quantitative estimate of drug-likeness (QED) is 0.854. The van der Waals surface area contributed by atoms with Crippen LogP contribution >= 0.6 is 0 Å². The lowest BCUT2D eigenvalue weighted by molar-refractivity contribution is 0.0948. The lowest BCUT2D eigenvalue weighted by Gasteiger charge is -2.17. The Morgan fingerprint density at radius 2 is 1.91 bits per heavy atom. The molecule has 1 aromatic carbocycles. The topological polar surface area (TPSA) is 58.4 Å². The SMILES string of the molecule is CCN(CC)CCNC(=O)c1c(-c2ccccc2)noc1C. The Labute approximate surface area is 131 Å². The zero-order valence-electron chi connectivity index (χ0n) is 13.4. The van der Waals surface area contributed by atoms with Crippen LogP contribution in [0.1, 0.15) is 30.0 Å². The second-order valence-electron chi connectivity index (χ2n) is 5.11. The molecule has 0 saturated heterocycles. The summed E-state index contributed by atoms with van der Waals surface area (Å²) >= 11 is 0. The van der Waals surface area contributed by atoms with Gasteiger partial charge in [-0.3, -0.25) is 4.79 Å². The van der Waals surface area contributed by atoms with Crippen molar-refractivity contribution in [3.05, 3.63) is 41.7 Å². The van der Waals surface area contributed by atoms with E-state index in [4.69, 9.17) is 4.52 Å². The van der Waals surface area contributed by atoms with Crippen LogP contribution in [0.4, 0.5) is 0 Å². The molecule has 0 aliphatic carbocycles. The molecule has 0 atom stereocenters. The molecule has 5 heteroatoms. The minimum Gasteiger partial charge on any atom is -0.360 e. The summed E-state index contributed by atoms with van der Waals surface area (Å²) in [6.45, 7) is 9.40. The second kappa shape index (κ2) is 7.75. The van der Waals surface area contributed by atoms with Crippen LogP contribution in [0.2, 0.25) is 0 Å². The molecule has 5 nitrogen and oxygen atoms in total. The van der Waals surface area contributed by atoms with E-state index in [1.165, 1.54) is 0 Å². The number of carbonyl (C=O) groups is 1. The molecule has 0 unspecified atom stereocenters. The van der Waals surface area contributed by atoms with E-state index >= 15 is 0 Å². The molecule has 2 rings (SSSR count). The maximum atomic E-state index is 12.4. The lowest BCUT2D eigenvalue weighted by Crippen LogP contribution is -2.35. The number of hydrogen-bond acceptors (Lipinski definition) is 4. The van der Waals surface area contributed by atoms with Crippen molar-refractivity contribution in [1.29, 1.82) is 0 Å². The Bertz CT molecular complexity index is 604. The number of likely N-dealkylation sites (N-methyl/N-ethyl adjacent to an activating group) is 1. The zero-order chi connectivity index (χ0) is 15.9. The van der Waals surface area contributed by atoms with Gasteiger partial charge in [0.25, 0.3) is 5.91 Å². The van der Waals surface area contributed by atoms with E-state index in [0.29, 0.717) is 23.6 Å². The van der Waals surface area contributed by atoms with Gasteiger partial charge in [0, 0.05) is 18.7 Å². The maximum absolute atomic E-state index is 12.4. The first-order valence-corrected chi connectivity index (χ1v) is 7.69. The lowest BCUT2D eigenvalue weighted by atomic mass is 10.1. The fraction of sp³-hybridized carbons (Fsp3) is 0.412. The number of hydrogen-bond donors (Lipinski definition) is 1. The van der Waals surface area contributed by atoms with Crippen LogP contribution in [0.15, 0.2) is 34.9 Å². The number of rotatable bonds is 7. The maximum Gasteiger partial charge on any atom is 0.257 e. The first-order chi connectivity index (χ1) is 10.7. The first kappa shape index (κ1) is 16.2. The van der Waals surface area contributed by atoms with E-state index in [-0.39, 0.29) is 5.91 Å². The molecule has 0 saturated carbocycles. The third-order valence-corrected chi connectivity index (χ3v) is 3.75. The van der Waals surface area contributed by atoms with Gasteiger partial charge < -0.3 is 14.7 Å². The molecule has 0 bridgehead atoms. The molecular formula is C17H23N3O2. The van der Waals surface area contributed by atoms with Gasteiger partial charge in [0.1, 0.15) is 17.0 Å². The van der Waals surface area contributed by atoms with Crippen molar-refractivity contribution in [2.45, 2.75) is 20.8 Å². The molecule has 0 aliphatic rings. The highest BCUT2D eigenvalue weighted by Gasteiger charge is 2.21. The van der Waals surface area contributed by atoms with Crippen molar-refractivity contribution < 1.29 is 9.32 Å². The predicted molar refractivity (Wildman–Crippen MR) is 86.8 cm³/mol. The Hall–Kier alpha value is -2.14. The van der Waals surface area contributed by atoms with Crippen molar-refractivity contribution >= 4 is 5.91 Å². The number of carbonyl (C=O) groups excluding carboxylic acids is 1. The van der Waals surface area contributed by atoms with Crippen LogP contribution in [-0.2, 0) is 0 Å². The highest BCUT2D eigenvalue weighted by Crippen LogP contribution is 2.24. The summed E-state index contributed by atoms with van der Waals surface area (Å²) < 4.78 is 5.22. The van der Waals surface area contributed by atoms with Crippen molar-refractivity contribution in [3.63, 3.8) is 0 Å².